The van der Waals surface area contributed by atoms with E-state index in [9.17, 15) is 55.5 Å². The Morgan fingerprint density at radius 3 is 1.39 bits per heavy atom. The molecule has 0 amide bonds. The lowest BCUT2D eigenvalue weighted by atomic mass is 9.80. The van der Waals surface area contributed by atoms with Crippen molar-refractivity contribution >= 4 is 11.6 Å². The molecule has 0 bridgehead atoms. The van der Waals surface area contributed by atoms with Crippen molar-refractivity contribution in [1.82, 2.24) is 0 Å². The Morgan fingerprint density at radius 1 is 0.583 bits per heavy atom. The summed E-state index contributed by atoms with van der Waals surface area (Å²) in [6, 6.07) is 3.38. The number of rotatable bonds is 7. The summed E-state index contributed by atoms with van der Waals surface area (Å²) in [5.41, 5.74) is -2.86. The van der Waals surface area contributed by atoms with E-state index >= 15 is 0 Å². The van der Waals surface area contributed by atoms with Gasteiger partial charge in [-0.05, 0) is 6.07 Å². The first kappa shape index (κ1) is 25.8. The zero-order valence-electron chi connectivity index (χ0n) is 19.1. The normalized spacial score (nSPS) is 11.1. The summed E-state index contributed by atoms with van der Waals surface area (Å²) in [6.45, 7) is 2.88. The van der Waals surface area contributed by atoms with Crippen molar-refractivity contribution in [3.05, 3.63) is 52.1 Å². The number of ketones is 2. The first-order chi connectivity index (χ1) is 16.9. The molecule has 0 unspecified atom stereocenters. The Kier molecular flexibility index (Phi) is 6.78. The predicted molar refractivity (Wildman–Crippen MR) is 124 cm³/mol. The van der Waals surface area contributed by atoms with Crippen molar-refractivity contribution in [3.63, 3.8) is 0 Å². The maximum atomic E-state index is 12.4. The molecule has 0 aliphatic rings. The van der Waals surface area contributed by atoms with Gasteiger partial charge in [-0.25, -0.2) is 0 Å². The van der Waals surface area contributed by atoms with Gasteiger partial charge in [0.2, 0.25) is 5.75 Å². The number of benzene rings is 3. The van der Waals surface area contributed by atoms with Crippen molar-refractivity contribution in [2.75, 3.05) is 0 Å². The van der Waals surface area contributed by atoms with Gasteiger partial charge in [0, 0.05) is 41.7 Å². The summed E-state index contributed by atoms with van der Waals surface area (Å²) in [5, 5.41) is 94.4. The molecule has 0 radical (unpaired) electrons. The number of hydrogen-bond acceptors (Lipinski definition) is 11. The number of carbonyl (C=O) groups excluding carboxylic acids is 2. The molecule has 190 valence electrons. The lowest BCUT2D eigenvalue weighted by molar-refractivity contribution is 0.0974. The van der Waals surface area contributed by atoms with Crippen LogP contribution in [0.5, 0.6) is 51.7 Å². The first-order valence-electron chi connectivity index (χ1n) is 10.7. The number of aromatic hydroxyl groups is 9. The highest BCUT2D eigenvalue weighted by atomic mass is 16.3. The Hall–Kier alpha value is -4.80. The molecule has 0 spiro atoms. The fourth-order valence-corrected chi connectivity index (χ4v) is 4.06. The Balaban J connectivity index is 2.56. The van der Waals surface area contributed by atoms with Crippen LogP contribution >= 0.6 is 0 Å². The molecular formula is C25H24O11. The molecule has 0 aliphatic heterocycles. The molecule has 11 nitrogen and oxygen atoms in total. The van der Waals surface area contributed by atoms with Crippen molar-refractivity contribution in [2.24, 2.45) is 0 Å². The van der Waals surface area contributed by atoms with Crippen molar-refractivity contribution < 1.29 is 55.5 Å². The summed E-state index contributed by atoms with van der Waals surface area (Å²) in [4.78, 5) is 24.9. The highest BCUT2D eigenvalue weighted by Crippen LogP contribution is 2.55. The van der Waals surface area contributed by atoms with E-state index < -0.39 is 97.0 Å². The largest absolute Gasteiger partial charge is 0.507 e. The summed E-state index contributed by atoms with van der Waals surface area (Å²) < 4.78 is 0. The van der Waals surface area contributed by atoms with Crippen LogP contribution in [0.25, 0.3) is 0 Å². The Morgan fingerprint density at radius 2 is 1.00 bits per heavy atom. The van der Waals surface area contributed by atoms with Crippen LogP contribution in [0.4, 0.5) is 0 Å². The molecule has 0 heterocycles. The maximum absolute atomic E-state index is 12.4. The van der Waals surface area contributed by atoms with Crippen LogP contribution in [0.2, 0.25) is 0 Å². The van der Waals surface area contributed by atoms with Gasteiger partial charge < -0.3 is 46.0 Å². The zero-order chi connectivity index (χ0) is 27.1. The fourth-order valence-electron chi connectivity index (χ4n) is 4.06. The molecule has 0 aromatic heterocycles. The number of carbonyl (C=O) groups is 2. The lowest BCUT2D eigenvalue weighted by Crippen LogP contribution is -2.10. The van der Waals surface area contributed by atoms with E-state index in [1.165, 1.54) is 13.8 Å². The van der Waals surface area contributed by atoms with Crippen molar-refractivity contribution in [3.8, 4) is 51.7 Å². The van der Waals surface area contributed by atoms with Crippen LogP contribution in [0.15, 0.2) is 24.3 Å². The van der Waals surface area contributed by atoms with E-state index in [-0.39, 0.29) is 12.8 Å². The van der Waals surface area contributed by atoms with Crippen LogP contribution in [-0.2, 0) is 0 Å². The average Bonchev–Trinajstić information content (AvgIpc) is 2.81. The smallest absolute Gasteiger partial charge is 0.200 e. The van der Waals surface area contributed by atoms with Gasteiger partial charge >= 0.3 is 0 Å². The number of Topliss-reactive ketones (excluding diaryl/α,β-unsaturated/α-hetero) is 2. The first-order valence-corrected chi connectivity index (χ1v) is 10.7. The van der Waals surface area contributed by atoms with Gasteiger partial charge in [0.1, 0.15) is 45.6 Å². The summed E-state index contributed by atoms with van der Waals surface area (Å²) in [5.74, 6) is -11.3. The SMILES string of the molecule is CCC(=O)c1c(O)cc(O)c(C(c2ccc(O)c(O)c2O)c2c(O)cc(O)c(C(=O)CC)c2O)c1O. The maximum Gasteiger partial charge on any atom is 0.200 e. The standard InChI is InChI=1S/C25H24O11/c1-3-10(26)18-13(29)7-15(31)20(24(18)35)17(9-5-6-12(28)23(34)22(9)33)21-16(32)8-14(30)19(25(21)36)11(27)4-2/h5-8,17,28-36H,3-4H2,1-2H3. The van der Waals surface area contributed by atoms with Crippen molar-refractivity contribution in [2.45, 2.75) is 32.6 Å². The topological polar surface area (TPSA) is 216 Å². The van der Waals surface area contributed by atoms with Crippen LogP contribution in [0.1, 0.15) is 70.0 Å². The molecular weight excluding hydrogens is 476 g/mol. The van der Waals surface area contributed by atoms with Gasteiger partial charge in [0.05, 0.1) is 5.92 Å². The zero-order valence-corrected chi connectivity index (χ0v) is 19.1. The minimum Gasteiger partial charge on any atom is -0.507 e. The molecule has 3 aromatic rings. The molecule has 0 saturated carbocycles. The van der Waals surface area contributed by atoms with Gasteiger partial charge in [-0.15, -0.1) is 0 Å². The minimum atomic E-state index is -1.82. The van der Waals surface area contributed by atoms with E-state index in [0.717, 1.165) is 24.3 Å². The van der Waals surface area contributed by atoms with Gasteiger partial charge in [-0.1, -0.05) is 19.9 Å². The van der Waals surface area contributed by atoms with E-state index in [2.05, 4.69) is 0 Å². The summed E-state index contributed by atoms with van der Waals surface area (Å²) in [7, 11) is 0. The molecule has 36 heavy (non-hydrogen) atoms. The lowest BCUT2D eigenvalue weighted by Gasteiger charge is -2.26. The van der Waals surface area contributed by atoms with Gasteiger partial charge in [-0.3, -0.25) is 9.59 Å². The van der Waals surface area contributed by atoms with E-state index in [0.29, 0.717) is 0 Å². The monoisotopic (exact) mass is 500 g/mol. The number of phenols is 9. The molecule has 0 atom stereocenters. The van der Waals surface area contributed by atoms with Crippen LogP contribution < -0.4 is 0 Å². The van der Waals surface area contributed by atoms with Crippen LogP contribution in [0.3, 0.4) is 0 Å². The molecule has 9 N–H and O–H groups in total. The molecule has 0 saturated heterocycles. The number of hydrogen-bond donors (Lipinski definition) is 9. The van der Waals surface area contributed by atoms with E-state index in [1.807, 2.05) is 0 Å². The average molecular weight is 500 g/mol. The van der Waals surface area contributed by atoms with Gasteiger partial charge in [0.25, 0.3) is 0 Å². The second kappa shape index (κ2) is 9.45. The van der Waals surface area contributed by atoms with Crippen LogP contribution in [0, 0.1) is 0 Å². The fraction of sp³-hybridized carbons (Fsp3) is 0.200. The second-order valence-corrected chi connectivity index (χ2v) is 7.96. The predicted octanol–water partition coefficient (Wildman–Crippen LogP) is 3.40. The quantitative estimate of drug-likeness (QED) is 0.130. The third-order valence-corrected chi connectivity index (χ3v) is 5.84. The van der Waals surface area contributed by atoms with Crippen LogP contribution in [-0.4, -0.2) is 57.5 Å². The highest BCUT2D eigenvalue weighted by Gasteiger charge is 2.36. The summed E-state index contributed by atoms with van der Waals surface area (Å²) >= 11 is 0. The van der Waals surface area contributed by atoms with E-state index in [4.69, 9.17) is 0 Å². The highest BCUT2D eigenvalue weighted by molar-refractivity contribution is 6.03. The Labute approximate surface area is 204 Å². The molecule has 3 rings (SSSR count). The molecule has 0 fully saturated rings. The van der Waals surface area contributed by atoms with Gasteiger partial charge in [-0.2, -0.15) is 0 Å². The molecule has 3 aromatic carbocycles. The molecule has 11 heteroatoms. The van der Waals surface area contributed by atoms with Gasteiger partial charge in [0.15, 0.2) is 23.1 Å². The van der Waals surface area contributed by atoms with Crippen molar-refractivity contribution in [1.29, 1.82) is 0 Å². The Bertz CT molecular complexity index is 1310. The second-order valence-electron chi connectivity index (χ2n) is 7.96. The summed E-state index contributed by atoms with van der Waals surface area (Å²) in [6.07, 6.45) is -0.349. The third-order valence-electron chi connectivity index (χ3n) is 5.84. The minimum absolute atomic E-state index is 0.174. The molecule has 0 aliphatic carbocycles. The van der Waals surface area contributed by atoms with E-state index in [1.54, 1.807) is 0 Å². The third kappa shape index (κ3) is 4.00. The number of phenolic OH excluding ortho intramolecular Hbond substituents is 9.